The van der Waals surface area contributed by atoms with Crippen LogP contribution in [0, 0.1) is 11.8 Å². The van der Waals surface area contributed by atoms with Crippen LogP contribution in [0.4, 0.5) is 0 Å². The fraction of sp³-hybridized carbons (Fsp3) is 0.136. The van der Waals surface area contributed by atoms with Gasteiger partial charge in [0.1, 0.15) is 12.4 Å². The van der Waals surface area contributed by atoms with Crippen molar-refractivity contribution in [1.29, 1.82) is 0 Å². The van der Waals surface area contributed by atoms with E-state index in [0.717, 1.165) is 23.3 Å². The van der Waals surface area contributed by atoms with Gasteiger partial charge in [0.2, 0.25) is 5.91 Å². The van der Waals surface area contributed by atoms with Gasteiger partial charge in [0.25, 0.3) is 0 Å². The lowest BCUT2D eigenvalue weighted by Crippen LogP contribution is -2.21. The Morgan fingerprint density at radius 1 is 1.15 bits per heavy atom. The summed E-state index contributed by atoms with van der Waals surface area (Å²) in [4.78, 5) is 11.7. The zero-order chi connectivity index (χ0) is 18.6. The van der Waals surface area contributed by atoms with E-state index in [1.54, 1.807) is 12.1 Å². The van der Waals surface area contributed by atoms with Gasteiger partial charge < -0.3 is 10.1 Å². The van der Waals surface area contributed by atoms with Crippen molar-refractivity contribution >= 4 is 23.6 Å². The van der Waals surface area contributed by atoms with E-state index in [1.807, 2.05) is 48.5 Å². The Morgan fingerprint density at radius 2 is 1.92 bits per heavy atom. The molecule has 0 aliphatic heterocycles. The number of para-hydroxylation sites is 1. The lowest BCUT2D eigenvalue weighted by Gasteiger charge is -2.07. The Kier molecular flexibility index (Phi) is 8.05. The number of ether oxygens (including phenoxy) is 1. The second-order valence-electron chi connectivity index (χ2n) is 5.32. The maximum atomic E-state index is 11.7. The van der Waals surface area contributed by atoms with E-state index < -0.39 is 0 Å². The average Bonchev–Trinajstić information content (AvgIpc) is 2.65. The molecule has 0 unspecified atom stereocenters. The quantitative estimate of drug-likeness (QED) is 0.452. The number of rotatable bonds is 7. The van der Waals surface area contributed by atoms with Gasteiger partial charge >= 0.3 is 0 Å². The zero-order valence-corrected chi connectivity index (χ0v) is 15.1. The monoisotopic (exact) mass is 365 g/mol. The molecule has 1 N–H and O–H groups in total. The van der Waals surface area contributed by atoms with Gasteiger partial charge in [-0.05, 0) is 35.8 Å². The molecule has 0 heterocycles. The number of allylic oxidation sites excluding steroid dienone is 1. The van der Waals surface area contributed by atoms with Crippen LogP contribution in [0.25, 0.3) is 6.08 Å². The molecule has 0 bridgehead atoms. The first-order valence-electron chi connectivity index (χ1n) is 8.18. The molecule has 2 aromatic carbocycles. The number of hydrogen-bond acceptors (Lipinski definition) is 2. The molecule has 0 fully saturated rings. The first kappa shape index (κ1) is 19.4. The van der Waals surface area contributed by atoms with Crippen LogP contribution in [0.2, 0.25) is 5.02 Å². The number of amides is 1. The zero-order valence-electron chi connectivity index (χ0n) is 14.4. The normalized spacial score (nSPS) is 10.0. The van der Waals surface area contributed by atoms with Crippen LogP contribution in [0.15, 0.2) is 67.3 Å². The standard InChI is InChI=1S/C22H20ClNO2/c1-2-9-19-11-4-6-13-21(19)26-17-8-7-16-24-22(25)15-14-18-10-3-5-12-20(18)23/h2-6,10-15H,1,9,16-17H2,(H,24,25)/b15-14+. The Morgan fingerprint density at radius 3 is 2.73 bits per heavy atom. The molecule has 0 atom stereocenters. The molecule has 0 saturated carbocycles. The molecule has 2 aromatic rings. The third-order valence-electron chi connectivity index (χ3n) is 3.43. The lowest BCUT2D eigenvalue weighted by atomic mass is 10.1. The predicted octanol–water partition coefficient (Wildman–Crippen LogP) is 4.28. The van der Waals surface area contributed by atoms with Crippen LogP contribution < -0.4 is 10.1 Å². The highest BCUT2D eigenvalue weighted by atomic mass is 35.5. The van der Waals surface area contributed by atoms with Gasteiger partial charge in [0, 0.05) is 11.1 Å². The summed E-state index contributed by atoms with van der Waals surface area (Å²) in [5, 5.41) is 3.29. The van der Waals surface area contributed by atoms with Crippen molar-refractivity contribution in [3.63, 3.8) is 0 Å². The minimum Gasteiger partial charge on any atom is -0.481 e. The summed E-state index contributed by atoms with van der Waals surface area (Å²) >= 11 is 6.03. The van der Waals surface area contributed by atoms with E-state index in [2.05, 4.69) is 23.7 Å². The Balaban J connectivity index is 1.74. The Hall–Kier alpha value is -2.96. The molecule has 0 spiro atoms. The number of hydrogen-bond donors (Lipinski definition) is 1. The maximum Gasteiger partial charge on any atom is 0.244 e. The number of halogens is 1. The minimum atomic E-state index is -0.225. The molecular weight excluding hydrogens is 346 g/mol. The average molecular weight is 366 g/mol. The van der Waals surface area contributed by atoms with Crippen LogP contribution in [0.5, 0.6) is 5.75 Å². The molecule has 1 amide bonds. The van der Waals surface area contributed by atoms with Crippen molar-refractivity contribution in [2.45, 2.75) is 6.42 Å². The van der Waals surface area contributed by atoms with Crippen LogP contribution >= 0.6 is 11.6 Å². The molecule has 0 aromatic heterocycles. The summed E-state index contributed by atoms with van der Waals surface area (Å²) in [5.74, 6) is 6.32. The summed E-state index contributed by atoms with van der Waals surface area (Å²) in [6.45, 7) is 4.25. The van der Waals surface area contributed by atoms with Crippen molar-refractivity contribution in [3.8, 4) is 17.6 Å². The van der Waals surface area contributed by atoms with Crippen molar-refractivity contribution in [1.82, 2.24) is 5.32 Å². The van der Waals surface area contributed by atoms with E-state index in [-0.39, 0.29) is 19.1 Å². The number of carbonyl (C=O) groups is 1. The molecule has 0 aliphatic carbocycles. The smallest absolute Gasteiger partial charge is 0.244 e. The molecule has 132 valence electrons. The highest BCUT2D eigenvalue weighted by Crippen LogP contribution is 2.18. The lowest BCUT2D eigenvalue weighted by molar-refractivity contribution is -0.116. The van der Waals surface area contributed by atoms with E-state index in [9.17, 15) is 4.79 Å². The first-order valence-corrected chi connectivity index (χ1v) is 8.56. The van der Waals surface area contributed by atoms with Crippen molar-refractivity contribution in [3.05, 3.63) is 83.4 Å². The van der Waals surface area contributed by atoms with Crippen LogP contribution in [0.1, 0.15) is 11.1 Å². The Bertz CT molecular complexity index is 846. The predicted molar refractivity (Wildman–Crippen MR) is 107 cm³/mol. The molecule has 4 heteroatoms. The molecular formula is C22H20ClNO2. The van der Waals surface area contributed by atoms with Gasteiger partial charge in [-0.1, -0.05) is 65.9 Å². The molecule has 26 heavy (non-hydrogen) atoms. The fourth-order valence-electron chi connectivity index (χ4n) is 2.16. The second-order valence-corrected chi connectivity index (χ2v) is 5.72. The second kappa shape index (κ2) is 10.8. The third kappa shape index (κ3) is 6.51. The van der Waals surface area contributed by atoms with Gasteiger partial charge in [-0.25, -0.2) is 0 Å². The molecule has 2 rings (SSSR count). The van der Waals surface area contributed by atoms with Crippen molar-refractivity contribution < 1.29 is 9.53 Å². The SMILES string of the molecule is C=CCc1ccccc1OCC#CCNC(=O)/C=C/c1ccccc1Cl. The topological polar surface area (TPSA) is 38.3 Å². The van der Waals surface area contributed by atoms with Crippen molar-refractivity contribution in [2.24, 2.45) is 0 Å². The van der Waals surface area contributed by atoms with Crippen LogP contribution in [-0.2, 0) is 11.2 Å². The molecule has 3 nitrogen and oxygen atoms in total. The summed E-state index contributed by atoms with van der Waals surface area (Å²) in [7, 11) is 0. The van der Waals surface area contributed by atoms with Gasteiger partial charge in [0.15, 0.2) is 0 Å². The van der Waals surface area contributed by atoms with Gasteiger partial charge in [0.05, 0.1) is 6.54 Å². The Labute approximate surface area is 159 Å². The molecule has 0 aliphatic rings. The van der Waals surface area contributed by atoms with E-state index in [4.69, 9.17) is 16.3 Å². The first-order chi connectivity index (χ1) is 12.7. The van der Waals surface area contributed by atoms with Gasteiger partial charge in [-0.15, -0.1) is 6.58 Å². The molecule has 0 saturated heterocycles. The summed E-state index contributed by atoms with van der Waals surface area (Å²) in [5.41, 5.74) is 1.87. The van der Waals surface area contributed by atoms with Crippen LogP contribution in [-0.4, -0.2) is 19.1 Å². The number of nitrogens with one attached hydrogen (secondary N) is 1. The minimum absolute atomic E-state index is 0.225. The highest BCUT2D eigenvalue weighted by molar-refractivity contribution is 6.32. The number of benzene rings is 2. The fourth-order valence-corrected chi connectivity index (χ4v) is 2.36. The van der Waals surface area contributed by atoms with Crippen LogP contribution in [0.3, 0.4) is 0 Å². The van der Waals surface area contributed by atoms with E-state index in [0.29, 0.717) is 5.02 Å². The van der Waals surface area contributed by atoms with E-state index in [1.165, 1.54) is 6.08 Å². The van der Waals surface area contributed by atoms with Gasteiger partial charge in [-0.3, -0.25) is 4.79 Å². The van der Waals surface area contributed by atoms with E-state index >= 15 is 0 Å². The maximum absolute atomic E-state index is 11.7. The third-order valence-corrected chi connectivity index (χ3v) is 3.78. The summed E-state index contributed by atoms with van der Waals surface area (Å²) < 4.78 is 5.65. The number of carbonyl (C=O) groups excluding carboxylic acids is 1. The molecule has 0 radical (unpaired) electrons. The summed E-state index contributed by atoms with van der Waals surface area (Å²) in [6.07, 6.45) is 5.69. The summed E-state index contributed by atoms with van der Waals surface area (Å²) in [6, 6.07) is 15.1. The highest BCUT2D eigenvalue weighted by Gasteiger charge is 1.99. The van der Waals surface area contributed by atoms with Gasteiger partial charge in [-0.2, -0.15) is 0 Å². The largest absolute Gasteiger partial charge is 0.481 e. The van der Waals surface area contributed by atoms with Crippen molar-refractivity contribution in [2.75, 3.05) is 13.2 Å².